The maximum Gasteiger partial charge on any atom is 0.0594 e. The summed E-state index contributed by atoms with van der Waals surface area (Å²) in [5, 5.41) is 0. The molecule has 0 aromatic heterocycles. The minimum Gasteiger partial charge on any atom is -0.380 e. The van der Waals surface area contributed by atoms with Crippen molar-refractivity contribution in [1.82, 2.24) is 0 Å². The van der Waals surface area contributed by atoms with Crippen molar-refractivity contribution in [3.05, 3.63) is 0 Å². The van der Waals surface area contributed by atoms with E-state index in [0.717, 1.165) is 26.2 Å². The van der Waals surface area contributed by atoms with Crippen LogP contribution in [0.5, 0.6) is 0 Å². The van der Waals surface area contributed by atoms with E-state index >= 15 is 0 Å². The Labute approximate surface area is 63.9 Å². The van der Waals surface area contributed by atoms with Gasteiger partial charge in [0.05, 0.1) is 6.61 Å². The Hall–Kier alpha value is 0.400. The number of ether oxygens (including phenoxy) is 1. The third-order valence-corrected chi connectivity index (χ3v) is 2.74. The van der Waals surface area contributed by atoms with Crippen LogP contribution in [0.2, 0.25) is 0 Å². The van der Waals surface area contributed by atoms with Gasteiger partial charge in [0.2, 0.25) is 0 Å². The van der Waals surface area contributed by atoms with Gasteiger partial charge in [-0.2, -0.15) is 0 Å². The first-order chi connectivity index (χ1) is 4.34. The summed E-state index contributed by atoms with van der Waals surface area (Å²) < 4.78 is 5.21. The Morgan fingerprint density at radius 1 is 1.67 bits per heavy atom. The molecule has 0 radical (unpaired) electrons. The Morgan fingerprint density at radius 3 is 2.89 bits per heavy atom. The topological polar surface area (TPSA) is 35.2 Å². The van der Waals surface area contributed by atoms with Crippen molar-refractivity contribution < 1.29 is 4.74 Å². The van der Waals surface area contributed by atoms with Gasteiger partial charge in [-0.1, -0.05) is 15.9 Å². The molecule has 1 aliphatic rings. The van der Waals surface area contributed by atoms with Crippen molar-refractivity contribution in [1.29, 1.82) is 0 Å². The van der Waals surface area contributed by atoms with Crippen LogP contribution in [0.15, 0.2) is 0 Å². The molecule has 3 heteroatoms. The predicted molar refractivity (Wildman–Crippen MR) is 40.7 cm³/mol. The Morgan fingerprint density at radius 2 is 2.44 bits per heavy atom. The molecule has 2 atom stereocenters. The number of hydrogen-bond donors (Lipinski definition) is 1. The summed E-state index contributed by atoms with van der Waals surface area (Å²) in [7, 11) is 0. The highest BCUT2D eigenvalue weighted by atomic mass is 79.9. The van der Waals surface area contributed by atoms with Crippen molar-refractivity contribution in [2.24, 2.45) is 11.7 Å². The van der Waals surface area contributed by atoms with Crippen LogP contribution in [0.3, 0.4) is 0 Å². The lowest BCUT2D eigenvalue weighted by Crippen LogP contribution is -2.32. The van der Waals surface area contributed by atoms with E-state index in [-0.39, 0.29) is 0 Å². The average molecular weight is 194 g/mol. The summed E-state index contributed by atoms with van der Waals surface area (Å²) in [5.41, 5.74) is 5.51. The van der Waals surface area contributed by atoms with Gasteiger partial charge in [-0.05, 0) is 18.9 Å². The van der Waals surface area contributed by atoms with Gasteiger partial charge in [-0.3, -0.25) is 0 Å². The van der Waals surface area contributed by atoms with Crippen LogP contribution in [0.25, 0.3) is 0 Å². The lowest BCUT2D eigenvalue weighted by Gasteiger charge is -2.25. The normalized spacial score (nSPS) is 36.7. The highest BCUT2D eigenvalue weighted by Crippen LogP contribution is 2.20. The summed E-state index contributed by atoms with van der Waals surface area (Å²) >= 11 is 3.51. The first-order valence-corrected chi connectivity index (χ1v) is 4.18. The zero-order valence-corrected chi connectivity index (χ0v) is 6.93. The van der Waals surface area contributed by atoms with E-state index in [1.165, 1.54) is 0 Å². The number of halogens is 1. The van der Waals surface area contributed by atoms with Crippen LogP contribution in [-0.2, 0) is 4.74 Å². The lowest BCUT2D eigenvalue weighted by molar-refractivity contribution is 0.0762. The molecule has 0 bridgehead atoms. The number of nitrogens with two attached hydrogens (primary N) is 1. The average Bonchev–Trinajstić information content (AvgIpc) is 1.89. The van der Waals surface area contributed by atoms with Gasteiger partial charge in [0.25, 0.3) is 0 Å². The molecule has 0 aromatic carbocycles. The van der Waals surface area contributed by atoms with E-state index in [1.807, 2.05) is 0 Å². The molecule has 0 saturated carbocycles. The quantitative estimate of drug-likeness (QED) is 0.625. The minimum atomic E-state index is 0.483. The Balaban J connectivity index is 2.30. The summed E-state index contributed by atoms with van der Waals surface area (Å²) in [5.74, 6) is 0.624. The van der Waals surface area contributed by atoms with Gasteiger partial charge >= 0.3 is 0 Å². The van der Waals surface area contributed by atoms with Gasteiger partial charge in [-0.25, -0.2) is 0 Å². The monoisotopic (exact) mass is 193 g/mol. The summed E-state index contributed by atoms with van der Waals surface area (Å²) in [6.45, 7) is 2.48. The fourth-order valence-electron chi connectivity index (χ4n) is 1.01. The molecule has 0 aliphatic carbocycles. The van der Waals surface area contributed by atoms with Crippen molar-refractivity contribution in [2.75, 3.05) is 19.8 Å². The molecule has 1 rings (SSSR count). The molecule has 0 spiro atoms. The van der Waals surface area contributed by atoms with Crippen molar-refractivity contribution in [2.45, 2.75) is 11.2 Å². The Bertz CT molecular complexity index is 89.1. The van der Waals surface area contributed by atoms with Gasteiger partial charge in [0, 0.05) is 11.4 Å². The molecular formula is C6H12BrNO. The van der Waals surface area contributed by atoms with Crippen LogP contribution in [0.4, 0.5) is 0 Å². The zero-order valence-electron chi connectivity index (χ0n) is 5.35. The van der Waals surface area contributed by atoms with Crippen LogP contribution in [0.1, 0.15) is 6.42 Å². The molecule has 1 heterocycles. The molecule has 54 valence electrons. The molecular weight excluding hydrogens is 182 g/mol. The molecule has 2 N–H and O–H groups in total. The third-order valence-electron chi connectivity index (χ3n) is 1.72. The number of rotatable bonds is 1. The fourth-order valence-corrected chi connectivity index (χ4v) is 1.68. The second kappa shape index (κ2) is 3.54. The third kappa shape index (κ3) is 1.92. The lowest BCUT2D eigenvalue weighted by atomic mass is 10.0. The van der Waals surface area contributed by atoms with Gasteiger partial charge in [0.15, 0.2) is 0 Å². The second-order valence-corrected chi connectivity index (χ2v) is 3.55. The Kier molecular flexibility index (Phi) is 2.95. The SMILES string of the molecule is NC[C@H]1CCOC[C@H]1Br. The van der Waals surface area contributed by atoms with Gasteiger partial charge in [-0.15, -0.1) is 0 Å². The smallest absolute Gasteiger partial charge is 0.0594 e. The van der Waals surface area contributed by atoms with E-state index < -0.39 is 0 Å². The van der Waals surface area contributed by atoms with Gasteiger partial charge in [0.1, 0.15) is 0 Å². The molecule has 2 nitrogen and oxygen atoms in total. The zero-order chi connectivity index (χ0) is 6.69. The highest BCUT2D eigenvalue weighted by molar-refractivity contribution is 9.09. The van der Waals surface area contributed by atoms with Crippen LogP contribution >= 0.6 is 15.9 Å². The van der Waals surface area contributed by atoms with Crippen molar-refractivity contribution >= 4 is 15.9 Å². The molecule has 1 saturated heterocycles. The summed E-state index contributed by atoms with van der Waals surface area (Å²) in [6.07, 6.45) is 1.10. The predicted octanol–water partition coefficient (Wildman–Crippen LogP) is 0.745. The molecule has 0 unspecified atom stereocenters. The van der Waals surface area contributed by atoms with E-state index in [9.17, 15) is 0 Å². The molecule has 0 aromatic rings. The van der Waals surface area contributed by atoms with Gasteiger partial charge < -0.3 is 10.5 Å². The first kappa shape index (κ1) is 7.51. The van der Waals surface area contributed by atoms with Crippen LogP contribution < -0.4 is 5.73 Å². The van der Waals surface area contributed by atoms with E-state index in [0.29, 0.717) is 10.7 Å². The largest absolute Gasteiger partial charge is 0.380 e. The first-order valence-electron chi connectivity index (χ1n) is 3.26. The van der Waals surface area contributed by atoms with Crippen LogP contribution in [0, 0.1) is 5.92 Å². The van der Waals surface area contributed by atoms with E-state index in [1.54, 1.807) is 0 Å². The summed E-state index contributed by atoms with van der Waals surface area (Å²) in [4.78, 5) is 0.483. The maximum atomic E-state index is 5.51. The maximum absolute atomic E-state index is 5.51. The molecule has 9 heavy (non-hydrogen) atoms. The number of hydrogen-bond acceptors (Lipinski definition) is 2. The van der Waals surface area contributed by atoms with Crippen molar-refractivity contribution in [3.63, 3.8) is 0 Å². The fraction of sp³-hybridized carbons (Fsp3) is 1.00. The highest BCUT2D eigenvalue weighted by Gasteiger charge is 2.21. The standard InChI is InChI=1S/C6H12BrNO/c7-6-4-9-2-1-5(6)3-8/h5-6H,1-4,8H2/t5-,6-/m1/s1. The second-order valence-electron chi connectivity index (χ2n) is 2.38. The van der Waals surface area contributed by atoms with E-state index in [4.69, 9.17) is 10.5 Å². The molecule has 1 aliphatic heterocycles. The summed E-state index contributed by atoms with van der Waals surface area (Å²) in [6, 6.07) is 0. The molecule has 0 amide bonds. The number of alkyl halides is 1. The van der Waals surface area contributed by atoms with E-state index in [2.05, 4.69) is 15.9 Å². The van der Waals surface area contributed by atoms with Crippen LogP contribution in [-0.4, -0.2) is 24.6 Å². The van der Waals surface area contributed by atoms with Crippen molar-refractivity contribution in [3.8, 4) is 0 Å². The minimum absolute atomic E-state index is 0.483. The molecule has 1 fully saturated rings.